The van der Waals surface area contributed by atoms with E-state index in [2.05, 4.69) is 20.9 Å². The lowest BCUT2D eigenvalue weighted by molar-refractivity contribution is -0.121. The molecule has 0 unspecified atom stereocenters. The van der Waals surface area contributed by atoms with Gasteiger partial charge >= 0.3 is 0 Å². The van der Waals surface area contributed by atoms with Crippen molar-refractivity contribution in [3.05, 3.63) is 75.6 Å². The van der Waals surface area contributed by atoms with Crippen LogP contribution < -0.4 is 40.3 Å². The highest BCUT2D eigenvalue weighted by molar-refractivity contribution is 5.85. The van der Waals surface area contributed by atoms with Crippen molar-refractivity contribution in [2.75, 3.05) is 46.8 Å². The van der Waals surface area contributed by atoms with Crippen LogP contribution in [0, 0.1) is 0 Å². The van der Waals surface area contributed by atoms with Gasteiger partial charge in [0.1, 0.15) is 5.75 Å². The van der Waals surface area contributed by atoms with Gasteiger partial charge in [0.2, 0.25) is 23.0 Å². The summed E-state index contributed by atoms with van der Waals surface area (Å²) in [5, 5.41) is 10.5. The van der Waals surface area contributed by atoms with Crippen molar-refractivity contribution in [3.63, 3.8) is 0 Å². The van der Waals surface area contributed by atoms with Crippen LogP contribution in [0.2, 0.25) is 0 Å². The van der Waals surface area contributed by atoms with E-state index in [0.29, 0.717) is 60.9 Å². The first kappa shape index (κ1) is 35.1. The third-order valence-electron chi connectivity index (χ3n) is 9.00. The number of hydrogen-bond donors (Lipinski definition) is 4. The molecule has 4 N–H and O–H groups in total. The molecule has 11 heteroatoms. The fourth-order valence-electron chi connectivity index (χ4n) is 6.58. The number of carbonyl (C=O) groups excluding carboxylic acids is 2. The van der Waals surface area contributed by atoms with Gasteiger partial charge in [-0.05, 0) is 90.8 Å². The molecule has 49 heavy (non-hydrogen) atoms. The molecule has 0 saturated heterocycles. The van der Waals surface area contributed by atoms with Gasteiger partial charge < -0.3 is 39.9 Å². The van der Waals surface area contributed by atoms with Gasteiger partial charge in [-0.1, -0.05) is 12.5 Å². The van der Waals surface area contributed by atoms with Gasteiger partial charge in [-0.25, -0.2) is 0 Å². The zero-order chi connectivity index (χ0) is 34.9. The highest BCUT2D eigenvalue weighted by atomic mass is 16.5. The minimum atomic E-state index is -0.369. The zero-order valence-electron chi connectivity index (χ0n) is 28.9. The van der Waals surface area contributed by atoms with Crippen molar-refractivity contribution in [2.45, 2.75) is 57.9 Å². The maximum Gasteiger partial charge on any atom is 0.220 e. The van der Waals surface area contributed by atoms with Crippen molar-refractivity contribution in [2.24, 2.45) is 0 Å². The molecule has 5 rings (SSSR count). The summed E-state index contributed by atoms with van der Waals surface area (Å²) < 4.78 is 22.5. The summed E-state index contributed by atoms with van der Waals surface area (Å²) in [5.74, 6) is 2.18. The number of hydrogen-bond acceptors (Lipinski definition) is 8. The Bertz CT molecular complexity index is 1870. The van der Waals surface area contributed by atoms with Crippen LogP contribution in [0.3, 0.4) is 0 Å². The summed E-state index contributed by atoms with van der Waals surface area (Å²) in [6.45, 7) is 2.62. The molecule has 4 aromatic rings. The van der Waals surface area contributed by atoms with Crippen molar-refractivity contribution in [3.8, 4) is 34.1 Å². The molecule has 0 radical (unpaired) electrons. The number of rotatable bonds is 15. The Kier molecular flexibility index (Phi) is 11.7. The summed E-state index contributed by atoms with van der Waals surface area (Å²) in [4.78, 5) is 41.5. The number of aryl methyl sites for hydroxylation is 1. The highest BCUT2D eigenvalue weighted by Gasteiger charge is 2.29. The van der Waals surface area contributed by atoms with E-state index in [1.54, 1.807) is 40.6 Å². The minimum absolute atomic E-state index is 0.0301. The van der Waals surface area contributed by atoms with Gasteiger partial charge in [0.15, 0.2) is 11.5 Å². The Labute approximate surface area is 286 Å². The number of H-pyrrole nitrogens is 1. The fraction of sp³-hybridized carbons (Fsp3) is 0.395. The van der Waals surface area contributed by atoms with Crippen LogP contribution in [-0.2, 0) is 22.4 Å². The van der Waals surface area contributed by atoms with Gasteiger partial charge in [0, 0.05) is 49.1 Å². The van der Waals surface area contributed by atoms with E-state index in [-0.39, 0.29) is 23.3 Å². The molecular formula is C38H46N4O7. The molecule has 1 aromatic heterocycles. The molecule has 1 aliphatic rings. The molecule has 2 amide bonds. The second-order valence-electron chi connectivity index (χ2n) is 12.2. The topological polar surface area (TPSA) is 140 Å². The maximum atomic E-state index is 13.5. The quantitative estimate of drug-likeness (QED) is 0.118. The van der Waals surface area contributed by atoms with E-state index in [9.17, 15) is 14.4 Å². The number of nitrogens with one attached hydrogen (secondary N) is 4. The van der Waals surface area contributed by atoms with Crippen LogP contribution >= 0.6 is 0 Å². The molecule has 1 atom stereocenters. The van der Waals surface area contributed by atoms with E-state index in [0.717, 1.165) is 64.6 Å². The third-order valence-corrected chi connectivity index (χ3v) is 9.00. The highest BCUT2D eigenvalue weighted by Crippen LogP contribution is 2.50. The monoisotopic (exact) mass is 670 g/mol. The van der Waals surface area contributed by atoms with Gasteiger partial charge in [-0.2, -0.15) is 0 Å². The Hall–Kier alpha value is -5.19. The minimum Gasteiger partial charge on any atom is -0.497 e. The van der Waals surface area contributed by atoms with Crippen molar-refractivity contribution in [1.29, 1.82) is 0 Å². The van der Waals surface area contributed by atoms with E-state index in [1.165, 1.54) is 6.92 Å². The summed E-state index contributed by atoms with van der Waals surface area (Å²) in [7, 11) is 6.37. The number of carbonyl (C=O) groups is 2. The first-order valence-corrected chi connectivity index (χ1v) is 16.7. The zero-order valence-corrected chi connectivity index (χ0v) is 28.9. The maximum absolute atomic E-state index is 13.5. The summed E-state index contributed by atoms with van der Waals surface area (Å²) in [6, 6.07) is 12.8. The van der Waals surface area contributed by atoms with Crippen molar-refractivity contribution >= 4 is 28.4 Å². The standard InChI is InChI=1S/C38H46N4O7/c1-23(43)42-31-13-10-24-19-34(47-3)37(48-4)38(49-5)36(24)27-12-15-32(33(44)21-29(27)31)39-17-8-6-7-9-35(45)40-18-16-25-22-41-30-14-11-26(46-2)20-28(25)30/h11-12,14-15,19-22,31,41H,6-10,13,16-18H2,1-5H3,(H,39,44)(H,40,45)(H,42,43)/t31-/m1/s1. The van der Waals surface area contributed by atoms with Crippen LogP contribution in [0.4, 0.5) is 5.69 Å². The molecule has 260 valence electrons. The number of ether oxygens (including phenoxy) is 4. The van der Waals surface area contributed by atoms with Crippen molar-refractivity contribution < 1.29 is 28.5 Å². The van der Waals surface area contributed by atoms with Crippen LogP contribution in [0.15, 0.2) is 53.5 Å². The lowest BCUT2D eigenvalue weighted by Gasteiger charge is -2.19. The van der Waals surface area contributed by atoms with Gasteiger partial charge in [-0.3, -0.25) is 14.4 Å². The number of unbranched alkanes of at least 4 members (excludes halogenated alkanes) is 2. The first-order valence-electron chi connectivity index (χ1n) is 16.7. The SMILES string of the molecule is COc1ccc2[nH]cc(CCNC(=O)CCCCCNc3ccc4c(cc3=O)[C@H](NC(C)=O)CCc3cc(OC)c(OC)c(OC)c3-4)c2c1. The molecule has 11 nitrogen and oxygen atoms in total. The normalized spacial score (nSPS) is 13.4. The van der Waals surface area contributed by atoms with E-state index < -0.39 is 0 Å². The summed E-state index contributed by atoms with van der Waals surface area (Å²) >= 11 is 0. The largest absolute Gasteiger partial charge is 0.497 e. The molecule has 1 aliphatic carbocycles. The van der Waals surface area contributed by atoms with Crippen molar-refractivity contribution in [1.82, 2.24) is 15.6 Å². The lowest BCUT2D eigenvalue weighted by atomic mass is 9.95. The first-order chi connectivity index (χ1) is 23.8. The Morgan fingerprint density at radius 1 is 0.898 bits per heavy atom. The van der Waals surface area contributed by atoms with E-state index >= 15 is 0 Å². The Morgan fingerprint density at radius 3 is 2.45 bits per heavy atom. The molecule has 3 aromatic carbocycles. The lowest BCUT2D eigenvalue weighted by Crippen LogP contribution is -2.26. The number of aromatic amines is 1. The smallest absolute Gasteiger partial charge is 0.220 e. The van der Waals surface area contributed by atoms with Crippen LogP contribution in [-0.4, -0.2) is 58.3 Å². The van der Waals surface area contributed by atoms with Gasteiger partial charge in [0.25, 0.3) is 0 Å². The predicted molar refractivity (Wildman–Crippen MR) is 191 cm³/mol. The van der Waals surface area contributed by atoms with Gasteiger partial charge in [0.05, 0.1) is 40.2 Å². The molecular weight excluding hydrogens is 624 g/mol. The summed E-state index contributed by atoms with van der Waals surface area (Å²) in [5.41, 5.74) is 5.75. The molecule has 0 aliphatic heterocycles. The Morgan fingerprint density at radius 2 is 1.71 bits per heavy atom. The number of fused-ring (bicyclic) bond motifs is 4. The number of methoxy groups -OCH3 is 4. The molecule has 0 fully saturated rings. The van der Waals surface area contributed by atoms with E-state index in [4.69, 9.17) is 18.9 Å². The second kappa shape index (κ2) is 16.3. The average molecular weight is 671 g/mol. The molecule has 0 spiro atoms. The summed E-state index contributed by atoms with van der Waals surface area (Å²) in [6.07, 6.45) is 6.76. The molecule has 1 heterocycles. The van der Waals surface area contributed by atoms with Gasteiger partial charge in [-0.15, -0.1) is 0 Å². The Balaban J connectivity index is 1.19. The molecule has 0 saturated carbocycles. The third kappa shape index (κ3) is 8.10. The predicted octanol–water partition coefficient (Wildman–Crippen LogP) is 5.68. The van der Waals surface area contributed by atoms with E-state index in [1.807, 2.05) is 36.5 Å². The number of anilines is 1. The fourth-order valence-corrected chi connectivity index (χ4v) is 6.58. The molecule has 0 bridgehead atoms. The van der Waals surface area contributed by atoms with Crippen LogP contribution in [0.5, 0.6) is 23.0 Å². The number of amides is 2. The second-order valence-corrected chi connectivity index (χ2v) is 12.2. The van der Waals surface area contributed by atoms with Crippen LogP contribution in [0.1, 0.15) is 61.8 Å². The number of aromatic nitrogens is 1. The number of benzene rings is 2. The van der Waals surface area contributed by atoms with Crippen LogP contribution in [0.25, 0.3) is 22.0 Å². The average Bonchev–Trinajstić information content (AvgIpc) is 3.35.